The van der Waals surface area contributed by atoms with Crippen molar-refractivity contribution in [2.75, 3.05) is 41.4 Å². The molecule has 0 bridgehead atoms. The van der Waals surface area contributed by atoms with Crippen molar-refractivity contribution in [3.8, 4) is 0 Å². The third kappa shape index (κ3) is 3.05. The Morgan fingerprint density at radius 2 is 1.86 bits per heavy atom. The minimum Gasteiger partial charge on any atom is -0.368 e. The van der Waals surface area contributed by atoms with Crippen molar-refractivity contribution in [2.24, 2.45) is 5.84 Å². The molecule has 1 aliphatic heterocycles. The van der Waals surface area contributed by atoms with Crippen LogP contribution in [0.4, 0.5) is 17.3 Å². The third-order valence-corrected chi connectivity index (χ3v) is 3.74. The first kappa shape index (κ1) is 13.6. The van der Waals surface area contributed by atoms with Gasteiger partial charge in [0.05, 0.1) is 12.4 Å². The number of nitrogen functional groups attached to an aromatic ring is 1. The van der Waals surface area contributed by atoms with E-state index < -0.39 is 0 Å². The van der Waals surface area contributed by atoms with Gasteiger partial charge in [-0.3, -0.25) is 4.98 Å². The van der Waals surface area contributed by atoms with Crippen LogP contribution in [0.25, 0.3) is 0 Å². The Hall–Kier alpha value is -2.34. The van der Waals surface area contributed by atoms with Gasteiger partial charge in [0.1, 0.15) is 5.82 Å². The van der Waals surface area contributed by atoms with E-state index in [1.807, 2.05) is 0 Å². The maximum atomic E-state index is 5.38. The van der Waals surface area contributed by atoms with E-state index in [9.17, 15) is 0 Å². The Morgan fingerprint density at radius 1 is 1.10 bits per heavy atom. The summed E-state index contributed by atoms with van der Waals surface area (Å²) in [7, 11) is 0. The predicted octanol–water partition coefficient (Wildman–Crippen LogP) is 1.40. The summed E-state index contributed by atoms with van der Waals surface area (Å²) in [5.74, 6) is 6.84. The molecule has 0 saturated carbocycles. The number of hydrazine groups is 1. The lowest BCUT2D eigenvalue weighted by molar-refractivity contribution is 0.646. The van der Waals surface area contributed by atoms with Crippen molar-refractivity contribution >= 4 is 17.3 Å². The van der Waals surface area contributed by atoms with Crippen LogP contribution in [0, 0.1) is 6.92 Å². The molecule has 1 aromatic heterocycles. The number of anilines is 3. The number of benzene rings is 1. The minimum atomic E-state index is 0.591. The highest BCUT2D eigenvalue weighted by Gasteiger charge is 2.18. The van der Waals surface area contributed by atoms with Gasteiger partial charge in [0.25, 0.3) is 0 Å². The molecule has 0 spiro atoms. The van der Waals surface area contributed by atoms with Crippen molar-refractivity contribution < 1.29 is 0 Å². The first-order chi connectivity index (χ1) is 10.3. The number of hydrogen-bond donors (Lipinski definition) is 2. The third-order valence-electron chi connectivity index (χ3n) is 3.74. The molecular weight excluding hydrogens is 264 g/mol. The van der Waals surface area contributed by atoms with Crippen LogP contribution in [0.1, 0.15) is 5.56 Å². The van der Waals surface area contributed by atoms with Gasteiger partial charge < -0.3 is 15.2 Å². The Bertz CT molecular complexity index is 607. The highest BCUT2D eigenvalue weighted by atomic mass is 15.3. The molecule has 1 fully saturated rings. The molecule has 6 nitrogen and oxygen atoms in total. The maximum absolute atomic E-state index is 5.38. The Kier molecular flexibility index (Phi) is 3.87. The summed E-state index contributed by atoms with van der Waals surface area (Å²) in [6, 6.07) is 8.63. The SMILES string of the molecule is Cc1cccc(N2CCN(c3cncc(NN)n3)CC2)c1. The first-order valence-corrected chi connectivity index (χ1v) is 7.11. The molecule has 21 heavy (non-hydrogen) atoms. The largest absolute Gasteiger partial charge is 0.368 e. The number of aromatic nitrogens is 2. The second-order valence-corrected chi connectivity index (χ2v) is 5.22. The summed E-state index contributed by atoms with van der Waals surface area (Å²) in [6.07, 6.45) is 3.40. The van der Waals surface area contributed by atoms with E-state index in [4.69, 9.17) is 5.84 Å². The van der Waals surface area contributed by atoms with Gasteiger partial charge in [-0.15, -0.1) is 0 Å². The summed E-state index contributed by atoms with van der Waals surface area (Å²) in [4.78, 5) is 13.2. The van der Waals surface area contributed by atoms with Crippen molar-refractivity contribution in [1.29, 1.82) is 0 Å². The van der Waals surface area contributed by atoms with Gasteiger partial charge in [-0.1, -0.05) is 12.1 Å². The lowest BCUT2D eigenvalue weighted by Gasteiger charge is -2.36. The predicted molar refractivity (Wildman–Crippen MR) is 85.4 cm³/mol. The zero-order chi connectivity index (χ0) is 14.7. The van der Waals surface area contributed by atoms with Crippen LogP contribution in [-0.4, -0.2) is 36.1 Å². The molecule has 3 rings (SSSR count). The fourth-order valence-electron chi connectivity index (χ4n) is 2.60. The van der Waals surface area contributed by atoms with E-state index in [0.717, 1.165) is 32.0 Å². The van der Waals surface area contributed by atoms with Crippen LogP contribution >= 0.6 is 0 Å². The van der Waals surface area contributed by atoms with Crippen LogP contribution < -0.4 is 21.1 Å². The van der Waals surface area contributed by atoms with Crippen molar-refractivity contribution in [2.45, 2.75) is 6.92 Å². The van der Waals surface area contributed by atoms with E-state index in [-0.39, 0.29) is 0 Å². The van der Waals surface area contributed by atoms with Gasteiger partial charge in [-0.2, -0.15) is 0 Å². The topological polar surface area (TPSA) is 70.3 Å². The van der Waals surface area contributed by atoms with Gasteiger partial charge in [-0.05, 0) is 24.6 Å². The van der Waals surface area contributed by atoms with Gasteiger partial charge in [0.15, 0.2) is 5.82 Å². The zero-order valence-electron chi connectivity index (χ0n) is 12.2. The average molecular weight is 284 g/mol. The van der Waals surface area contributed by atoms with Crippen LogP contribution in [0.3, 0.4) is 0 Å². The minimum absolute atomic E-state index is 0.591. The Morgan fingerprint density at radius 3 is 2.57 bits per heavy atom. The van der Waals surface area contributed by atoms with Crippen LogP contribution in [-0.2, 0) is 0 Å². The average Bonchev–Trinajstić information content (AvgIpc) is 2.55. The molecule has 2 heterocycles. The van der Waals surface area contributed by atoms with Crippen LogP contribution in [0.5, 0.6) is 0 Å². The maximum Gasteiger partial charge on any atom is 0.160 e. The summed E-state index contributed by atoms with van der Waals surface area (Å²) < 4.78 is 0. The highest BCUT2D eigenvalue weighted by Crippen LogP contribution is 2.20. The van der Waals surface area contributed by atoms with E-state index in [0.29, 0.717) is 5.82 Å². The number of nitrogens with one attached hydrogen (secondary N) is 1. The number of rotatable bonds is 3. The normalized spacial score (nSPS) is 15.1. The lowest BCUT2D eigenvalue weighted by atomic mass is 10.2. The van der Waals surface area contributed by atoms with E-state index in [1.54, 1.807) is 12.4 Å². The van der Waals surface area contributed by atoms with E-state index in [2.05, 4.69) is 56.4 Å². The molecule has 0 radical (unpaired) electrons. The molecule has 3 N–H and O–H groups in total. The number of hydrogen-bond acceptors (Lipinski definition) is 6. The van der Waals surface area contributed by atoms with Gasteiger partial charge in [0, 0.05) is 31.9 Å². The van der Waals surface area contributed by atoms with Crippen LogP contribution in [0.15, 0.2) is 36.7 Å². The number of nitrogens with two attached hydrogens (primary N) is 1. The van der Waals surface area contributed by atoms with Crippen molar-refractivity contribution in [1.82, 2.24) is 9.97 Å². The summed E-state index contributed by atoms with van der Waals surface area (Å²) >= 11 is 0. The van der Waals surface area contributed by atoms with E-state index in [1.165, 1.54) is 11.3 Å². The molecule has 2 aromatic rings. The molecule has 0 aliphatic carbocycles. The quantitative estimate of drug-likeness (QED) is 0.656. The Balaban J connectivity index is 1.67. The van der Waals surface area contributed by atoms with Crippen LogP contribution in [0.2, 0.25) is 0 Å². The van der Waals surface area contributed by atoms with Gasteiger partial charge >= 0.3 is 0 Å². The Labute approximate surface area is 124 Å². The molecule has 1 aromatic carbocycles. The van der Waals surface area contributed by atoms with Gasteiger partial charge in [0.2, 0.25) is 0 Å². The molecule has 0 unspecified atom stereocenters. The standard InChI is InChI=1S/C15H20N6/c1-12-3-2-4-13(9-12)20-5-7-21(8-6-20)15-11-17-10-14(18-15)19-16/h2-4,9-11H,5-8,16H2,1H3,(H,18,19). The molecule has 1 saturated heterocycles. The second kappa shape index (κ2) is 5.97. The lowest BCUT2D eigenvalue weighted by Crippen LogP contribution is -2.46. The molecule has 0 amide bonds. The molecule has 6 heteroatoms. The van der Waals surface area contributed by atoms with Crippen molar-refractivity contribution in [3.05, 3.63) is 42.2 Å². The summed E-state index contributed by atoms with van der Waals surface area (Å²) in [5.41, 5.74) is 5.12. The fourth-order valence-corrected chi connectivity index (χ4v) is 2.60. The number of nitrogens with zero attached hydrogens (tertiary/aromatic N) is 4. The summed E-state index contributed by atoms with van der Waals surface area (Å²) in [6.45, 7) is 5.94. The zero-order valence-corrected chi connectivity index (χ0v) is 12.2. The fraction of sp³-hybridized carbons (Fsp3) is 0.333. The molecule has 1 aliphatic rings. The highest BCUT2D eigenvalue weighted by molar-refractivity contribution is 5.51. The van der Waals surface area contributed by atoms with E-state index >= 15 is 0 Å². The number of piperazine rings is 1. The van der Waals surface area contributed by atoms with Crippen molar-refractivity contribution in [3.63, 3.8) is 0 Å². The summed E-state index contributed by atoms with van der Waals surface area (Å²) in [5, 5.41) is 0. The molecule has 110 valence electrons. The molecular formula is C15H20N6. The molecule has 0 atom stereocenters. The number of aryl methyl sites for hydroxylation is 1. The second-order valence-electron chi connectivity index (χ2n) is 5.22. The monoisotopic (exact) mass is 284 g/mol. The first-order valence-electron chi connectivity index (χ1n) is 7.11. The smallest absolute Gasteiger partial charge is 0.160 e. The van der Waals surface area contributed by atoms with Gasteiger partial charge in [-0.25, -0.2) is 10.8 Å².